The van der Waals surface area contributed by atoms with Crippen LogP contribution in [0.2, 0.25) is 0 Å². The molecule has 0 spiro atoms. The van der Waals surface area contributed by atoms with Gasteiger partial charge in [0.2, 0.25) is 11.1 Å². The Labute approximate surface area is 177 Å². The van der Waals surface area contributed by atoms with Gasteiger partial charge in [-0.25, -0.2) is 4.98 Å². The van der Waals surface area contributed by atoms with E-state index < -0.39 is 0 Å². The Kier molecular flexibility index (Phi) is 5.71. The molecule has 0 radical (unpaired) electrons. The lowest BCUT2D eigenvalue weighted by atomic mass is 10.2. The third-order valence-electron chi connectivity index (χ3n) is 4.63. The number of H-pyrrole nitrogens is 1. The fourth-order valence-corrected chi connectivity index (χ4v) is 3.93. The molecule has 8 nitrogen and oxygen atoms in total. The summed E-state index contributed by atoms with van der Waals surface area (Å²) in [6.07, 6.45) is 0.603. The molecule has 1 unspecified atom stereocenters. The summed E-state index contributed by atoms with van der Waals surface area (Å²) in [5.74, 6) is 1.04. The molecule has 4 rings (SSSR count). The number of benzene rings is 2. The Morgan fingerprint density at radius 3 is 2.57 bits per heavy atom. The van der Waals surface area contributed by atoms with Crippen molar-refractivity contribution in [2.45, 2.75) is 23.8 Å². The average Bonchev–Trinajstić information content (AvgIpc) is 3.14. The van der Waals surface area contributed by atoms with Gasteiger partial charge in [-0.3, -0.25) is 4.79 Å². The number of nitrogens with zero attached hydrogens (tertiary/aromatic N) is 3. The van der Waals surface area contributed by atoms with Crippen molar-refractivity contribution < 1.29 is 14.3 Å². The zero-order valence-corrected chi connectivity index (χ0v) is 17.6. The third kappa shape index (κ3) is 4.02. The van der Waals surface area contributed by atoms with Crippen LogP contribution >= 0.6 is 11.8 Å². The lowest BCUT2D eigenvalue weighted by Gasteiger charge is -2.15. The van der Waals surface area contributed by atoms with E-state index in [-0.39, 0.29) is 11.2 Å². The van der Waals surface area contributed by atoms with Crippen LogP contribution in [0, 0.1) is 0 Å². The van der Waals surface area contributed by atoms with Crippen LogP contribution in [0.1, 0.15) is 13.3 Å². The highest BCUT2D eigenvalue weighted by Gasteiger charge is 2.21. The van der Waals surface area contributed by atoms with E-state index in [9.17, 15) is 4.79 Å². The largest absolute Gasteiger partial charge is 0.497 e. The Hall–Kier alpha value is -3.33. The molecule has 0 saturated heterocycles. The van der Waals surface area contributed by atoms with Gasteiger partial charge in [-0.15, -0.1) is 10.2 Å². The van der Waals surface area contributed by atoms with E-state index in [1.807, 2.05) is 31.2 Å². The SMILES string of the molecule is CCC(Sc1nnc2c(n1)[nH]c1ccccc12)C(=O)Nc1cc(OC)cc(OC)c1. The van der Waals surface area contributed by atoms with Gasteiger partial charge in [0.05, 0.1) is 19.5 Å². The first-order valence-corrected chi connectivity index (χ1v) is 10.3. The lowest BCUT2D eigenvalue weighted by Crippen LogP contribution is -2.25. The topological polar surface area (TPSA) is 102 Å². The molecule has 1 amide bonds. The molecule has 0 aliphatic rings. The summed E-state index contributed by atoms with van der Waals surface area (Å²) >= 11 is 1.28. The minimum atomic E-state index is -0.383. The standard InChI is InChI=1S/C21H21N5O3S/c1-4-17(20(27)22-12-9-13(28-2)11-14(10-12)29-3)30-21-24-19-18(25-26-21)15-7-5-6-8-16(15)23-19/h5-11,17H,4H2,1-3H3,(H,22,27)(H,23,24,26). The van der Waals surface area contributed by atoms with Gasteiger partial charge >= 0.3 is 0 Å². The van der Waals surface area contributed by atoms with E-state index >= 15 is 0 Å². The quantitative estimate of drug-likeness (QED) is 0.433. The van der Waals surface area contributed by atoms with Crippen molar-refractivity contribution in [1.29, 1.82) is 0 Å². The van der Waals surface area contributed by atoms with Crippen LogP contribution in [-0.4, -0.2) is 45.5 Å². The third-order valence-corrected chi connectivity index (χ3v) is 5.85. The van der Waals surface area contributed by atoms with Gasteiger partial charge in [-0.1, -0.05) is 36.9 Å². The number of ether oxygens (including phenoxy) is 2. The molecule has 0 fully saturated rings. The highest BCUT2D eigenvalue weighted by molar-refractivity contribution is 8.00. The molecule has 2 aromatic heterocycles. The summed E-state index contributed by atoms with van der Waals surface area (Å²) < 4.78 is 10.5. The van der Waals surface area contributed by atoms with E-state index in [0.29, 0.717) is 34.4 Å². The van der Waals surface area contributed by atoms with Gasteiger partial charge in [0.1, 0.15) is 17.0 Å². The zero-order valence-electron chi connectivity index (χ0n) is 16.8. The van der Waals surface area contributed by atoms with Crippen molar-refractivity contribution in [2.24, 2.45) is 0 Å². The Morgan fingerprint density at radius 1 is 1.13 bits per heavy atom. The summed E-state index contributed by atoms with van der Waals surface area (Å²) in [6, 6.07) is 13.1. The maximum atomic E-state index is 12.9. The number of anilines is 1. The van der Waals surface area contributed by atoms with E-state index in [1.165, 1.54) is 11.8 Å². The second kappa shape index (κ2) is 8.58. The Balaban J connectivity index is 1.54. The Morgan fingerprint density at radius 2 is 1.87 bits per heavy atom. The van der Waals surface area contributed by atoms with Crippen molar-refractivity contribution in [3.05, 3.63) is 42.5 Å². The number of methoxy groups -OCH3 is 2. The predicted octanol–water partition coefficient (Wildman–Crippen LogP) is 4.03. The first-order chi connectivity index (χ1) is 14.6. The fourth-order valence-electron chi connectivity index (χ4n) is 3.11. The van der Waals surface area contributed by atoms with Gasteiger partial charge in [-0.05, 0) is 12.5 Å². The molecule has 2 aromatic carbocycles. The van der Waals surface area contributed by atoms with Gasteiger partial charge < -0.3 is 19.8 Å². The lowest BCUT2D eigenvalue weighted by molar-refractivity contribution is -0.115. The number of aromatic nitrogens is 4. The van der Waals surface area contributed by atoms with Crippen LogP contribution in [-0.2, 0) is 4.79 Å². The van der Waals surface area contributed by atoms with Gasteiger partial charge in [-0.2, -0.15) is 0 Å². The molecule has 154 valence electrons. The number of carbonyl (C=O) groups is 1. The van der Waals surface area contributed by atoms with Crippen LogP contribution in [0.4, 0.5) is 5.69 Å². The number of fused-ring (bicyclic) bond motifs is 3. The summed E-state index contributed by atoms with van der Waals surface area (Å²) in [5.41, 5.74) is 2.92. The second-order valence-corrected chi connectivity index (χ2v) is 7.74. The molecule has 0 aliphatic carbocycles. The number of carbonyl (C=O) groups excluding carboxylic acids is 1. The fraction of sp³-hybridized carbons (Fsp3) is 0.238. The van der Waals surface area contributed by atoms with Crippen LogP contribution in [0.25, 0.3) is 22.1 Å². The van der Waals surface area contributed by atoms with Crippen molar-refractivity contribution >= 4 is 45.4 Å². The highest BCUT2D eigenvalue weighted by Crippen LogP contribution is 2.29. The number of aromatic amines is 1. The molecule has 0 saturated carbocycles. The molecule has 2 N–H and O–H groups in total. The van der Waals surface area contributed by atoms with E-state index in [1.54, 1.807) is 32.4 Å². The molecular weight excluding hydrogens is 402 g/mol. The van der Waals surface area contributed by atoms with E-state index in [0.717, 1.165) is 16.4 Å². The van der Waals surface area contributed by atoms with Crippen LogP contribution in [0.15, 0.2) is 47.6 Å². The monoisotopic (exact) mass is 423 g/mol. The summed E-state index contributed by atoms with van der Waals surface area (Å²) in [4.78, 5) is 20.7. The number of rotatable bonds is 7. The predicted molar refractivity (Wildman–Crippen MR) is 117 cm³/mol. The minimum absolute atomic E-state index is 0.154. The number of thioether (sulfide) groups is 1. The molecule has 2 heterocycles. The van der Waals surface area contributed by atoms with Gasteiger partial charge in [0.25, 0.3) is 0 Å². The minimum Gasteiger partial charge on any atom is -0.497 e. The number of amides is 1. The van der Waals surface area contributed by atoms with Crippen molar-refractivity contribution in [2.75, 3.05) is 19.5 Å². The van der Waals surface area contributed by atoms with Crippen molar-refractivity contribution in [3.8, 4) is 11.5 Å². The zero-order chi connectivity index (χ0) is 21.1. The highest BCUT2D eigenvalue weighted by atomic mass is 32.2. The molecule has 30 heavy (non-hydrogen) atoms. The van der Waals surface area contributed by atoms with Crippen molar-refractivity contribution in [1.82, 2.24) is 20.2 Å². The molecule has 0 bridgehead atoms. The van der Waals surface area contributed by atoms with Crippen LogP contribution in [0.3, 0.4) is 0 Å². The first kappa shape index (κ1) is 20.0. The molecular formula is C21H21N5O3S. The maximum absolute atomic E-state index is 12.9. The van der Waals surface area contributed by atoms with Gasteiger partial charge in [0.15, 0.2) is 5.65 Å². The van der Waals surface area contributed by atoms with E-state index in [2.05, 4.69) is 25.5 Å². The number of para-hydroxylation sites is 1. The smallest absolute Gasteiger partial charge is 0.237 e. The van der Waals surface area contributed by atoms with Crippen LogP contribution < -0.4 is 14.8 Å². The molecule has 1 atom stereocenters. The summed E-state index contributed by atoms with van der Waals surface area (Å²) in [6.45, 7) is 1.94. The van der Waals surface area contributed by atoms with E-state index in [4.69, 9.17) is 9.47 Å². The summed E-state index contributed by atoms with van der Waals surface area (Å²) in [7, 11) is 3.13. The number of hydrogen-bond acceptors (Lipinski definition) is 7. The first-order valence-electron chi connectivity index (χ1n) is 9.43. The number of nitrogens with one attached hydrogen (secondary N) is 2. The normalized spacial score (nSPS) is 12.1. The average molecular weight is 423 g/mol. The van der Waals surface area contributed by atoms with Gasteiger partial charge in [0, 0.05) is 34.8 Å². The Bertz CT molecular complexity index is 1190. The number of hydrogen-bond donors (Lipinski definition) is 2. The summed E-state index contributed by atoms with van der Waals surface area (Å²) in [5, 5.41) is 12.5. The second-order valence-electron chi connectivity index (χ2n) is 6.57. The maximum Gasteiger partial charge on any atom is 0.237 e. The van der Waals surface area contributed by atoms with Crippen molar-refractivity contribution in [3.63, 3.8) is 0 Å². The molecule has 0 aliphatic heterocycles. The molecule has 9 heteroatoms. The molecule has 4 aromatic rings. The van der Waals surface area contributed by atoms with Crippen LogP contribution in [0.5, 0.6) is 11.5 Å².